The van der Waals surface area contributed by atoms with E-state index in [1.54, 1.807) is 18.4 Å². The molecule has 3 rings (SSSR count). The maximum absolute atomic E-state index is 13.1. The number of alkyl halides is 3. The van der Waals surface area contributed by atoms with Gasteiger partial charge in [-0.05, 0) is 55.1 Å². The second kappa shape index (κ2) is 8.31. The van der Waals surface area contributed by atoms with Crippen LogP contribution in [-0.2, 0) is 6.54 Å². The summed E-state index contributed by atoms with van der Waals surface area (Å²) in [6.45, 7) is 3.06. The molecule has 0 bridgehead atoms. The Labute approximate surface area is 152 Å². The molecule has 0 aromatic heterocycles. The zero-order valence-corrected chi connectivity index (χ0v) is 15.5. The zero-order valence-electron chi connectivity index (χ0n) is 14.7. The molecule has 1 heterocycles. The highest BCUT2D eigenvalue weighted by molar-refractivity contribution is 7.96. The third-order valence-corrected chi connectivity index (χ3v) is 6.20. The van der Waals surface area contributed by atoms with Crippen molar-refractivity contribution in [1.29, 1.82) is 0 Å². The van der Waals surface area contributed by atoms with Gasteiger partial charge in [-0.2, -0.15) is 13.2 Å². The van der Waals surface area contributed by atoms with Gasteiger partial charge in [-0.3, -0.25) is 4.90 Å². The summed E-state index contributed by atoms with van der Waals surface area (Å²) in [5.74, 6) is 1.86. The summed E-state index contributed by atoms with van der Waals surface area (Å²) in [5, 5.41) is 0. The van der Waals surface area contributed by atoms with Crippen LogP contribution >= 0.6 is 11.9 Å². The van der Waals surface area contributed by atoms with E-state index in [4.69, 9.17) is 0 Å². The molecule has 0 spiro atoms. The first-order valence-corrected chi connectivity index (χ1v) is 10.4. The topological polar surface area (TPSA) is 15.3 Å². The Hall–Kier alpha value is -0.720. The average Bonchev–Trinajstić information content (AvgIpc) is 2.53. The molecule has 140 valence electrons. The first-order chi connectivity index (χ1) is 12.0. The van der Waals surface area contributed by atoms with E-state index in [-0.39, 0.29) is 5.56 Å². The predicted octanol–water partition coefficient (Wildman–Crippen LogP) is 5.17. The van der Waals surface area contributed by atoms with Crippen molar-refractivity contribution in [2.75, 3.05) is 19.3 Å². The van der Waals surface area contributed by atoms with Crippen molar-refractivity contribution in [2.24, 2.45) is 11.8 Å². The minimum atomic E-state index is -4.28. The van der Waals surface area contributed by atoms with Gasteiger partial charge in [-0.25, -0.2) is 4.72 Å². The van der Waals surface area contributed by atoms with E-state index in [9.17, 15) is 13.2 Å². The molecule has 25 heavy (non-hydrogen) atoms. The van der Waals surface area contributed by atoms with Crippen LogP contribution in [0.5, 0.6) is 0 Å². The fraction of sp³-hybridized carbons (Fsp3) is 0.684. The van der Waals surface area contributed by atoms with E-state index in [1.165, 1.54) is 32.1 Å². The number of piperidine rings is 1. The molecule has 1 saturated carbocycles. The van der Waals surface area contributed by atoms with Crippen molar-refractivity contribution in [3.05, 3.63) is 35.4 Å². The zero-order chi connectivity index (χ0) is 17.9. The summed E-state index contributed by atoms with van der Waals surface area (Å²) in [6.07, 6.45) is 4.11. The van der Waals surface area contributed by atoms with Crippen molar-refractivity contribution in [3.8, 4) is 0 Å². The van der Waals surface area contributed by atoms with Crippen molar-refractivity contribution >= 4 is 11.9 Å². The Balaban J connectivity index is 1.54. The lowest BCUT2D eigenvalue weighted by atomic mass is 9.72. The highest BCUT2D eigenvalue weighted by atomic mass is 32.2. The number of rotatable bonds is 6. The van der Waals surface area contributed by atoms with Gasteiger partial charge in [0.15, 0.2) is 0 Å². The predicted molar refractivity (Wildman–Crippen MR) is 97.2 cm³/mol. The molecule has 1 atom stereocenters. The molecule has 1 aromatic carbocycles. The summed E-state index contributed by atoms with van der Waals surface area (Å²) in [5.41, 5.74) is 1.37. The number of hydrogen-bond donors (Lipinski definition) is 1. The molecule has 1 N–H and O–H groups in total. The molecule has 0 radical (unpaired) electrons. The van der Waals surface area contributed by atoms with Gasteiger partial charge in [0.2, 0.25) is 0 Å². The third kappa shape index (κ3) is 4.92. The summed E-state index contributed by atoms with van der Waals surface area (Å²) < 4.78 is 41.8. The lowest BCUT2D eigenvalue weighted by Crippen LogP contribution is -2.37. The molecule has 1 aromatic rings. The number of likely N-dealkylation sites (tertiary alicyclic amines) is 1. The fourth-order valence-corrected chi connectivity index (χ4v) is 4.51. The molecule has 1 aliphatic carbocycles. The van der Waals surface area contributed by atoms with E-state index in [2.05, 4.69) is 9.62 Å². The van der Waals surface area contributed by atoms with Gasteiger partial charge in [0, 0.05) is 6.54 Å². The van der Waals surface area contributed by atoms with Gasteiger partial charge < -0.3 is 0 Å². The molecule has 2 fully saturated rings. The highest BCUT2D eigenvalue weighted by Gasteiger charge is 2.40. The SMILES string of the molecule is CSNC(c1ccc(CN2CCC(C3CCC3)CC2)cc1)C(F)(F)F. The first-order valence-electron chi connectivity index (χ1n) is 9.14. The van der Waals surface area contributed by atoms with Crippen LogP contribution in [0.25, 0.3) is 0 Å². The van der Waals surface area contributed by atoms with Gasteiger partial charge in [-0.15, -0.1) is 0 Å². The Morgan fingerprint density at radius 2 is 1.68 bits per heavy atom. The van der Waals surface area contributed by atoms with Crippen LogP contribution in [0, 0.1) is 11.8 Å². The van der Waals surface area contributed by atoms with E-state index in [0.717, 1.165) is 49.0 Å². The van der Waals surface area contributed by atoms with Gasteiger partial charge in [0.1, 0.15) is 6.04 Å². The van der Waals surface area contributed by atoms with Crippen LogP contribution in [-0.4, -0.2) is 30.4 Å². The normalized spacial score (nSPS) is 21.9. The molecule has 2 aliphatic rings. The van der Waals surface area contributed by atoms with Crippen molar-refractivity contribution in [3.63, 3.8) is 0 Å². The largest absolute Gasteiger partial charge is 0.408 e. The van der Waals surface area contributed by atoms with E-state index in [0.29, 0.717) is 0 Å². The summed E-state index contributed by atoms with van der Waals surface area (Å²) >= 11 is 0.995. The molecule has 1 aliphatic heterocycles. The summed E-state index contributed by atoms with van der Waals surface area (Å²) in [4.78, 5) is 2.44. The van der Waals surface area contributed by atoms with Crippen LogP contribution in [0.3, 0.4) is 0 Å². The molecule has 2 nitrogen and oxygen atoms in total. The number of benzene rings is 1. The van der Waals surface area contributed by atoms with Gasteiger partial charge >= 0.3 is 6.18 Å². The fourth-order valence-electron chi connectivity index (χ4n) is 4.01. The van der Waals surface area contributed by atoms with Crippen molar-refractivity contribution in [2.45, 2.75) is 50.9 Å². The Bertz CT molecular complexity index is 535. The van der Waals surface area contributed by atoms with Gasteiger partial charge in [-0.1, -0.05) is 55.5 Å². The van der Waals surface area contributed by atoms with Crippen LogP contribution in [0.4, 0.5) is 13.2 Å². The van der Waals surface area contributed by atoms with E-state index >= 15 is 0 Å². The average molecular weight is 372 g/mol. The van der Waals surface area contributed by atoms with Crippen molar-refractivity contribution < 1.29 is 13.2 Å². The Morgan fingerprint density at radius 1 is 1.08 bits per heavy atom. The van der Waals surface area contributed by atoms with Gasteiger partial charge in [0.25, 0.3) is 0 Å². The Morgan fingerprint density at radius 3 is 2.16 bits per heavy atom. The number of hydrogen-bond acceptors (Lipinski definition) is 3. The monoisotopic (exact) mass is 372 g/mol. The number of nitrogens with one attached hydrogen (secondary N) is 1. The van der Waals surface area contributed by atoms with Crippen molar-refractivity contribution in [1.82, 2.24) is 9.62 Å². The molecule has 1 unspecified atom stereocenters. The third-order valence-electron chi connectivity index (χ3n) is 5.73. The maximum atomic E-state index is 13.1. The number of halogens is 3. The first kappa shape index (κ1) is 19.1. The van der Waals surface area contributed by atoms with Gasteiger partial charge in [0.05, 0.1) is 0 Å². The molecular weight excluding hydrogens is 345 g/mol. The smallest absolute Gasteiger partial charge is 0.299 e. The lowest BCUT2D eigenvalue weighted by Gasteiger charge is -2.39. The highest BCUT2D eigenvalue weighted by Crippen LogP contribution is 2.39. The van der Waals surface area contributed by atoms with Crippen LogP contribution in [0.15, 0.2) is 24.3 Å². The van der Waals surface area contributed by atoms with Crippen LogP contribution in [0.1, 0.15) is 49.3 Å². The second-order valence-electron chi connectivity index (χ2n) is 7.34. The van der Waals surface area contributed by atoms with Crippen LogP contribution in [0.2, 0.25) is 0 Å². The number of nitrogens with zero attached hydrogens (tertiary/aromatic N) is 1. The van der Waals surface area contributed by atoms with Crippen LogP contribution < -0.4 is 4.72 Å². The summed E-state index contributed by atoms with van der Waals surface area (Å²) in [7, 11) is 0. The Kier molecular flexibility index (Phi) is 6.34. The lowest BCUT2D eigenvalue weighted by molar-refractivity contribution is -0.152. The molecule has 1 saturated heterocycles. The van der Waals surface area contributed by atoms with E-state index in [1.807, 2.05) is 12.1 Å². The second-order valence-corrected chi connectivity index (χ2v) is 7.99. The molecule has 0 amide bonds. The molecule has 6 heteroatoms. The maximum Gasteiger partial charge on any atom is 0.408 e. The standard InChI is InChI=1S/C19H27F3N2S/c1-25-23-18(19(20,21)22)17-7-5-14(6-8-17)13-24-11-9-16(10-12-24)15-3-2-4-15/h5-8,15-16,18,23H,2-4,9-13H2,1H3. The quantitative estimate of drug-likeness (QED) is 0.694. The minimum absolute atomic E-state index is 0.272. The minimum Gasteiger partial charge on any atom is -0.299 e. The van der Waals surface area contributed by atoms with E-state index < -0.39 is 12.2 Å². The summed E-state index contributed by atoms with van der Waals surface area (Å²) in [6, 6.07) is 5.28. The molecular formula is C19H27F3N2S.